The third-order valence-electron chi connectivity index (χ3n) is 10.4. The van der Waals surface area contributed by atoms with Crippen molar-refractivity contribution < 1.29 is 0 Å². The van der Waals surface area contributed by atoms with Gasteiger partial charge in [0, 0.05) is 6.16 Å². The number of hydrogen-bond donors (Lipinski definition) is 0. The van der Waals surface area contributed by atoms with E-state index in [1.807, 2.05) is 0 Å². The van der Waals surface area contributed by atoms with Crippen molar-refractivity contribution in [3.8, 4) is 0 Å². The van der Waals surface area contributed by atoms with E-state index in [0.717, 1.165) is 23.7 Å². The van der Waals surface area contributed by atoms with Gasteiger partial charge in [0.25, 0.3) is 0 Å². The van der Waals surface area contributed by atoms with Crippen LogP contribution in [0.5, 0.6) is 0 Å². The summed E-state index contributed by atoms with van der Waals surface area (Å²) in [7, 11) is 1.28. The van der Waals surface area contributed by atoms with Gasteiger partial charge in [-0.1, -0.05) is 91.6 Å². The zero-order chi connectivity index (χ0) is 26.7. The Labute approximate surface area is 236 Å². The predicted molar refractivity (Wildman–Crippen MR) is 175 cm³/mol. The van der Waals surface area contributed by atoms with Crippen molar-refractivity contribution in [1.29, 1.82) is 0 Å². The first kappa shape index (κ1) is 26.9. The van der Waals surface area contributed by atoms with Crippen LogP contribution < -0.4 is 15.8 Å². The summed E-state index contributed by atoms with van der Waals surface area (Å²) < 4.78 is 0. The minimum absolute atomic E-state index is 0.391. The normalized spacial score (nSPS) is 28.3. The van der Waals surface area contributed by atoms with E-state index in [-0.39, 0.29) is 0 Å². The summed E-state index contributed by atoms with van der Waals surface area (Å²) in [5.41, 5.74) is 6.72. The molecule has 3 aromatic rings. The summed E-state index contributed by atoms with van der Waals surface area (Å²) in [4.78, 5) is 0. The average molecular weight is 557 g/mol. The van der Waals surface area contributed by atoms with Gasteiger partial charge in [-0.15, -0.1) is 9.24 Å². The molecule has 0 nitrogen and oxygen atoms in total. The van der Waals surface area contributed by atoms with Crippen LogP contribution in [0.25, 0.3) is 0 Å². The second-order valence-corrected chi connectivity index (χ2v) is 21.6. The van der Waals surface area contributed by atoms with Gasteiger partial charge in [-0.2, -0.15) is 0 Å². The molecule has 0 amide bonds. The lowest BCUT2D eigenvalue weighted by Crippen LogP contribution is -2.56. The second kappa shape index (κ2) is 10.3. The Kier molecular flexibility index (Phi) is 7.29. The highest BCUT2D eigenvalue weighted by Crippen LogP contribution is 2.64. The number of hydrogen-bond acceptors (Lipinski definition) is 0. The van der Waals surface area contributed by atoms with Crippen LogP contribution in [-0.4, -0.2) is 14.2 Å². The predicted octanol–water partition coefficient (Wildman–Crippen LogP) is 8.05. The second-order valence-electron chi connectivity index (χ2n) is 13.9. The third kappa shape index (κ3) is 4.70. The summed E-state index contributed by atoms with van der Waals surface area (Å²) in [5.74, 6) is 3.69. The molecule has 4 saturated carbocycles. The molecule has 0 aliphatic heterocycles. The van der Waals surface area contributed by atoms with Crippen molar-refractivity contribution in [2.45, 2.75) is 77.2 Å². The molecule has 7 rings (SSSR count). The highest BCUT2D eigenvalue weighted by Gasteiger charge is 2.57. The largest absolute Gasteiger partial charge is 0.137 e. The Bertz CT molecular complexity index is 1260. The van der Waals surface area contributed by atoms with E-state index >= 15 is 0 Å². The fourth-order valence-electron chi connectivity index (χ4n) is 8.86. The van der Waals surface area contributed by atoms with Gasteiger partial charge < -0.3 is 0 Å². The number of rotatable bonds is 7. The van der Waals surface area contributed by atoms with E-state index in [0.29, 0.717) is 5.41 Å². The van der Waals surface area contributed by atoms with Crippen molar-refractivity contribution >= 4 is 41.0 Å². The molecule has 38 heavy (non-hydrogen) atoms. The van der Waals surface area contributed by atoms with Crippen molar-refractivity contribution in [2.75, 3.05) is 6.16 Å². The molecule has 200 valence electrons. The quantitative estimate of drug-likeness (QED) is 0.204. The molecule has 0 aromatic heterocycles. The Morgan fingerprint density at radius 2 is 1.39 bits per heavy atom. The van der Waals surface area contributed by atoms with Gasteiger partial charge in [-0.25, -0.2) is 0 Å². The molecular weight excluding hydrogens is 510 g/mol. The molecular formula is C35H46P2Si. The van der Waals surface area contributed by atoms with E-state index < -0.39 is 16.0 Å². The van der Waals surface area contributed by atoms with E-state index in [2.05, 4.69) is 109 Å². The fraction of sp³-hybridized carbons (Fsp3) is 0.486. The molecule has 4 unspecified atom stereocenters. The van der Waals surface area contributed by atoms with Gasteiger partial charge in [0.15, 0.2) is 0 Å². The standard InChI is InChI=1S/C35H46P2Si/c1-24-10-6-8-12-33(24)37(34-13-9-7-11-25(34)2)23-29-19-30(38(3,4)5)14-15-31(29)35-20-26-16-27(21-35)18-28(17-26)32(35)22-36/h6-15,19,26-28,32H,16-18,20-23,36H2,1-5H3. The number of benzene rings is 3. The molecule has 4 atom stereocenters. The van der Waals surface area contributed by atoms with Crippen molar-refractivity contribution in [2.24, 2.45) is 23.7 Å². The van der Waals surface area contributed by atoms with Crippen LogP contribution in [-0.2, 0) is 11.6 Å². The maximum atomic E-state index is 3.19. The van der Waals surface area contributed by atoms with E-state index in [4.69, 9.17) is 0 Å². The Balaban J connectivity index is 1.53. The smallest absolute Gasteiger partial charge is 0.0776 e. The van der Waals surface area contributed by atoms with Crippen LogP contribution in [0, 0.1) is 37.5 Å². The van der Waals surface area contributed by atoms with Crippen molar-refractivity contribution in [3.63, 3.8) is 0 Å². The zero-order valence-electron chi connectivity index (χ0n) is 24.1. The summed E-state index contributed by atoms with van der Waals surface area (Å²) in [5, 5.41) is 4.76. The summed E-state index contributed by atoms with van der Waals surface area (Å²) in [6.07, 6.45) is 9.81. The van der Waals surface area contributed by atoms with Gasteiger partial charge >= 0.3 is 0 Å². The fourth-order valence-corrected chi connectivity index (χ4v) is 13.6. The lowest BCUT2D eigenvalue weighted by molar-refractivity contribution is -0.0520. The minimum atomic E-state index is -1.43. The SMILES string of the molecule is Cc1ccccc1P(Cc1cc([Si](C)(C)C)ccc1C12CC3CC(CC(C3)C1CP)C2)c1ccccc1C. The van der Waals surface area contributed by atoms with Gasteiger partial charge in [0.2, 0.25) is 0 Å². The molecule has 4 bridgehead atoms. The van der Waals surface area contributed by atoms with Crippen molar-refractivity contribution in [3.05, 3.63) is 89.0 Å². The van der Waals surface area contributed by atoms with E-state index in [1.165, 1.54) is 55.6 Å². The topological polar surface area (TPSA) is 0 Å². The average Bonchev–Trinajstić information content (AvgIpc) is 2.87. The molecule has 3 heteroatoms. The summed E-state index contributed by atoms with van der Waals surface area (Å²) in [6, 6.07) is 26.4. The zero-order valence-corrected chi connectivity index (χ0v) is 27.2. The van der Waals surface area contributed by atoms with Crippen LogP contribution in [0.15, 0.2) is 66.7 Å². The van der Waals surface area contributed by atoms with Crippen LogP contribution in [0.3, 0.4) is 0 Å². The highest BCUT2D eigenvalue weighted by molar-refractivity contribution is 7.72. The molecule has 0 N–H and O–H groups in total. The first-order valence-electron chi connectivity index (χ1n) is 14.9. The lowest BCUT2D eigenvalue weighted by atomic mass is 9.43. The minimum Gasteiger partial charge on any atom is -0.137 e. The lowest BCUT2D eigenvalue weighted by Gasteiger charge is -2.62. The third-order valence-corrected chi connectivity index (χ3v) is 15.8. The van der Waals surface area contributed by atoms with Crippen LogP contribution in [0.1, 0.15) is 54.4 Å². The molecule has 0 heterocycles. The van der Waals surface area contributed by atoms with Crippen LogP contribution in [0.4, 0.5) is 0 Å². The summed E-state index contributed by atoms with van der Waals surface area (Å²) in [6.45, 7) is 12.2. The first-order valence-corrected chi connectivity index (χ1v) is 20.8. The van der Waals surface area contributed by atoms with E-state index in [1.54, 1.807) is 26.9 Å². The van der Waals surface area contributed by atoms with E-state index in [9.17, 15) is 0 Å². The van der Waals surface area contributed by atoms with Crippen molar-refractivity contribution in [1.82, 2.24) is 0 Å². The molecule has 4 aliphatic carbocycles. The molecule has 0 spiro atoms. The van der Waals surface area contributed by atoms with Gasteiger partial charge in [0.05, 0.1) is 8.07 Å². The summed E-state index contributed by atoms with van der Waals surface area (Å²) >= 11 is 0. The first-order chi connectivity index (χ1) is 18.2. The maximum absolute atomic E-state index is 3.19. The van der Waals surface area contributed by atoms with Crippen LogP contribution in [0.2, 0.25) is 19.6 Å². The number of aryl methyl sites for hydroxylation is 2. The van der Waals surface area contributed by atoms with Gasteiger partial charge in [-0.3, -0.25) is 0 Å². The monoisotopic (exact) mass is 556 g/mol. The molecule has 3 aromatic carbocycles. The Morgan fingerprint density at radius 3 is 1.92 bits per heavy atom. The highest BCUT2D eigenvalue weighted by atomic mass is 31.1. The Hall–Kier alpha value is -1.26. The molecule has 4 fully saturated rings. The Morgan fingerprint density at radius 1 is 0.816 bits per heavy atom. The van der Waals surface area contributed by atoms with Gasteiger partial charge in [-0.05, 0) is 122 Å². The maximum Gasteiger partial charge on any atom is 0.0776 e. The van der Waals surface area contributed by atoms with Gasteiger partial charge in [0.1, 0.15) is 0 Å². The molecule has 4 aliphatic rings. The van der Waals surface area contributed by atoms with Crippen LogP contribution >= 0.6 is 17.2 Å². The molecule has 0 saturated heterocycles. The molecule has 0 radical (unpaired) electrons.